The van der Waals surface area contributed by atoms with E-state index in [9.17, 15) is 18.4 Å². The van der Waals surface area contributed by atoms with E-state index in [0.29, 0.717) is 41.4 Å². The number of urea groups is 1. The van der Waals surface area contributed by atoms with Crippen LogP contribution in [0, 0.1) is 25.5 Å². The van der Waals surface area contributed by atoms with Crippen molar-refractivity contribution in [1.29, 1.82) is 0 Å². The van der Waals surface area contributed by atoms with Crippen LogP contribution in [0.3, 0.4) is 0 Å². The molecule has 4 aromatic rings. The predicted molar refractivity (Wildman–Crippen MR) is 138 cm³/mol. The van der Waals surface area contributed by atoms with Crippen LogP contribution in [-0.4, -0.2) is 27.0 Å². The number of amides is 2. The summed E-state index contributed by atoms with van der Waals surface area (Å²) < 4.78 is 29.1. The molecule has 6 nitrogen and oxygen atoms in total. The number of carbonyl (C=O) groups is 1. The van der Waals surface area contributed by atoms with E-state index in [1.54, 1.807) is 35.8 Å². The van der Waals surface area contributed by atoms with Gasteiger partial charge in [-0.05, 0) is 68.7 Å². The van der Waals surface area contributed by atoms with Gasteiger partial charge in [-0.1, -0.05) is 31.2 Å². The van der Waals surface area contributed by atoms with Crippen LogP contribution in [0.1, 0.15) is 43.3 Å². The van der Waals surface area contributed by atoms with E-state index in [0.717, 1.165) is 17.2 Å². The van der Waals surface area contributed by atoms with Gasteiger partial charge < -0.3 is 10.2 Å². The maximum absolute atomic E-state index is 14.2. The number of nitrogens with one attached hydrogen (secondary N) is 1. The Hall–Kier alpha value is -4.07. The third-order valence-electron chi connectivity index (χ3n) is 6.15. The molecule has 1 N–H and O–H groups in total. The van der Waals surface area contributed by atoms with Gasteiger partial charge in [-0.2, -0.15) is 0 Å². The van der Waals surface area contributed by atoms with E-state index < -0.39 is 23.7 Å². The molecule has 0 bridgehead atoms. The number of anilines is 1. The number of fused-ring (bicyclic) bond motifs is 1. The minimum Gasteiger partial charge on any atom is -0.315 e. The monoisotopic (exact) mass is 490 g/mol. The topological polar surface area (TPSA) is 67.2 Å². The SMILES string of the molecule is CCCN(C(=O)Nc1ccc(F)cc1F)C(C)c1nc2ccccc2c(=O)n1-c1cc(C)ccc1C. The fraction of sp³-hybridized carbons (Fsp3) is 0.250. The number of hydrogen-bond donors (Lipinski definition) is 1. The molecule has 0 fully saturated rings. The Balaban J connectivity index is 1.86. The van der Waals surface area contributed by atoms with E-state index in [1.807, 2.05) is 39.0 Å². The average Bonchev–Trinajstić information content (AvgIpc) is 2.85. The molecule has 0 aliphatic heterocycles. The second kappa shape index (κ2) is 10.3. The molecule has 186 valence electrons. The van der Waals surface area contributed by atoms with E-state index >= 15 is 0 Å². The maximum Gasteiger partial charge on any atom is 0.322 e. The molecule has 0 spiro atoms. The number of rotatable bonds is 6. The summed E-state index contributed by atoms with van der Waals surface area (Å²) in [6, 6.07) is 14.7. The average molecular weight is 491 g/mol. The smallest absolute Gasteiger partial charge is 0.315 e. The number of para-hydroxylation sites is 1. The van der Waals surface area contributed by atoms with Gasteiger partial charge in [-0.25, -0.2) is 18.6 Å². The van der Waals surface area contributed by atoms with E-state index in [1.165, 1.54) is 11.0 Å². The van der Waals surface area contributed by atoms with Gasteiger partial charge in [0.15, 0.2) is 0 Å². The number of benzene rings is 3. The Morgan fingerprint density at radius 2 is 1.83 bits per heavy atom. The number of nitrogens with zero attached hydrogens (tertiary/aromatic N) is 3. The number of aromatic nitrogens is 2. The molecule has 8 heteroatoms. The number of halogens is 2. The van der Waals surface area contributed by atoms with Gasteiger partial charge in [0.05, 0.1) is 28.3 Å². The first-order chi connectivity index (χ1) is 17.2. The number of aryl methyl sites for hydroxylation is 2. The molecule has 36 heavy (non-hydrogen) atoms. The number of hydrogen-bond acceptors (Lipinski definition) is 3. The summed E-state index contributed by atoms with van der Waals surface area (Å²) in [6.45, 7) is 7.88. The van der Waals surface area contributed by atoms with Gasteiger partial charge in [0.25, 0.3) is 5.56 Å². The molecule has 1 heterocycles. The molecule has 4 rings (SSSR count). The highest BCUT2D eigenvalue weighted by molar-refractivity contribution is 5.89. The lowest BCUT2D eigenvalue weighted by atomic mass is 10.1. The van der Waals surface area contributed by atoms with Crippen molar-refractivity contribution in [2.45, 2.75) is 40.2 Å². The lowest BCUT2D eigenvalue weighted by molar-refractivity contribution is 0.189. The van der Waals surface area contributed by atoms with Crippen LogP contribution in [0.4, 0.5) is 19.3 Å². The van der Waals surface area contributed by atoms with Gasteiger partial charge in [0.1, 0.15) is 17.5 Å². The van der Waals surface area contributed by atoms with Crippen molar-refractivity contribution in [3.63, 3.8) is 0 Å². The lowest BCUT2D eigenvalue weighted by Gasteiger charge is -2.30. The van der Waals surface area contributed by atoms with Crippen LogP contribution >= 0.6 is 0 Å². The molecule has 3 aromatic carbocycles. The number of carbonyl (C=O) groups excluding carboxylic acids is 1. The van der Waals surface area contributed by atoms with Crippen molar-refractivity contribution in [2.24, 2.45) is 0 Å². The molecule has 1 aromatic heterocycles. The summed E-state index contributed by atoms with van der Waals surface area (Å²) >= 11 is 0. The third kappa shape index (κ3) is 4.84. The zero-order chi connectivity index (χ0) is 26.0. The molecule has 0 saturated carbocycles. The van der Waals surface area contributed by atoms with E-state index in [2.05, 4.69) is 5.32 Å². The minimum absolute atomic E-state index is 0.131. The van der Waals surface area contributed by atoms with Crippen molar-refractivity contribution >= 4 is 22.6 Å². The normalized spacial score (nSPS) is 11.9. The fourth-order valence-corrected chi connectivity index (χ4v) is 4.25. The van der Waals surface area contributed by atoms with Crippen LogP contribution < -0.4 is 10.9 Å². The summed E-state index contributed by atoms with van der Waals surface area (Å²) in [5, 5.41) is 3.00. The highest BCUT2D eigenvalue weighted by atomic mass is 19.1. The Morgan fingerprint density at radius 3 is 2.56 bits per heavy atom. The summed E-state index contributed by atoms with van der Waals surface area (Å²) in [6.07, 6.45) is 0.616. The van der Waals surface area contributed by atoms with Gasteiger partial charge in [-0.3, -0.25) is 9.36 Å². The Morgan fingerprint density at radius 1 is 1.08 bits per heavy atom. The molecule has 0 aliphatic rings. The summed E-state index contributed by atoms with van der Waals surface area (Å²) in [5.41, 5.74) is 2.69. The minimum atomic E-state index is -0.872. The van der Waals surface area contributed by atoms with Crippen molar-refractivity contribution < 1.29 is 13.6 Å². The van der Waals surface area contributed by atoms with Crippen LogP contribution in [0.2, 0.25) is 0 Å². The molecule has 0 saturated heterocycles. The second-order valence-electron chi connectivity index (χ2n) is 8.84. The fourth-order valence-electron chi connectivity index (χ4n) is 4.25. The lowest BCUT2D eigenvalue weighted by Crippen LogP contribution is -2.40. The molecular weight excluding hydrogens is 462 g/mol. The highest BCUT2D eigenvalue weighted by Crippen LogP contribution is 2.26. The van der Waals surface area contributed by atoms with Crippen molar-refractivity contribution in [1.82, 2.24) is 14.5 Å². The summed E-state index contributed by atoms with van der Waals surface area (Å²) in [4.78, 5) is 33.4. The molecular formula is C28H28F2N4O2. The Kier molecular flexibility index (Phi) is 7.15. The van der Waals surface area contributed by atoms with E-state index in [-0.39, 0.29) is 11.2 Å². The van der Waals surface area contributed by atoms with Crippen molar-refractivity contribution in [3.05, 3.63) is 99.6 Å². The standard InChI is InChI=1S/C28H28F2N4O2/c1-5-14-33(28(36)32-24-13-12-20(29)16-22(24)30)19(4)26-31-23-9-7-6-8-21(23)27(35)34(26)25-15-17(2)10-11-18(25)3/h6-13,15-16,19H,5,14H2,1-4H3,(H,32,36). The predicted octanol–water partition coefficient (Wildman–Crippen LogP) is 6.29. The Labute approximate surface area is 208 Å². The summed E-state index contributed by atoms with van der Waals surface area (Å²) in [5.74, 6) is -1.22. The van der Waals surface area contributed by atoms with Crippen LogP contribution in [0.5, 0.6) is 0 Å². The first-order valence-corrected chi connectivity index (χ1v) is 11.8. The van der Waals surface area contributed by atoms with Crippen LogP contribution in [-0.2, 0) is 0 Å². The highest BCUT2D eigenvalue weighted by Gasteiger charge is 2.27. The first kappa shape index (κ1) is 25.0. The Bertz CT molecular complexity index is 1500. The maximum atomic E-state index is 14.2. The van der Waals surface area contributed by atoms with Crippen LogP contribution in [0.25, 0.3) is 16.6 Å². The van der Waals surface area contributed by atoms with Crippen molar-refractivity contribution in [3.8, 4) is 5.69 Å². The zero-order valence-corrected chi connectivity index (χ0v) is 20.7. The molecule has 0 aliphatic carbocycles. The van der Waals surface area contributed by atoms with Crippen molar-refractivity contribution in [2.75, 3.05) is 11.9 Å². The largest absolute Gasteiger partial charge is 0.322 e. The molecule has 2 amide bonds. The second-order valence-corrected chi connectivity index (χ2v) is 8.84. The quantitative estimate of drug-likeness (QED) is 0.346. The van der Waals surface area contributed by atoms with Gasteiger partial charge in [0, 0.05) is 12.6 Å². The molecule has 1 unspecified atom stereocenters. The molecule has 1 atom stereocenters. The zero-order valence-electron chi connectivity index (χ0n) is 20.7. The van der Waals surface area contributed by atoms with Crippen LogP contribution in [0.15, 0.2) is 65.5 Å². The van der Waals surface area contributed by atoms with Gasteiger partial charge >= 0.3 is 6.03 Å². The first-order valence-electron chi connectivity index (χ1n) is 11.8. The third-order valence-corrected chi connectivity index (χ3v) is 6.15. The van der Waals surface area contributed by atoms with E-state index in [4.69, 9.17) is 4.98 Å². The van der Waals surface area contributed by atoms with Gasteiger partial charge in [-0.15, -0.1) is 0 Å². The van der Waals surface area contributed by atoms with Gasteiger partial charge in [0.2, 0.25) is 0 Å². The summed E-state index contributed by atoms with van der Waals surface area (Å²) in [7, 11) is 0. The molecule has 0 radical (unpaired) electrons.